The van der Waals surface area contributed by atoms with Gasteiger partial charge in [0.05, 0.1) is 31.7 Å². The number of likely N-dealkylation sites (tertiary alicyclic amines) is 2. The molecular weight excluding hydrogens is 346 g/mol. The molecule has 1 saturated carbocycles. The van der Waals surface area contributed by atoms with Gasteiger partial charge in [0.25, 0.3) is 5.92 Å². The number of hydrogen-bond donors (Lipinski definition) is 0. The van der Waals surface area contributed by atoms with Gasteiger partial charge in [0, 0.05) is 6.54 Å². The minimum Gasteiger partial charge on any atom is -0.469 e. The van der Waals surface area contributed by atoms with E-state index in [9.17, 15) is 18.4 Å². The summed E-state index contributed by atoms with van der Waals surface area (Å²) in [4.78, 5) is 26.8. The van der Waals surface area contributed by atoms with Crippen LogP contribution in [0.5, 0.6) is 0 Å². The van der Waals surface area contributed by atoms with E-state index in [1.165, 1.54) is 12.0 Å². The van der Waals surface area contributed by atoms with E-state index in [1.807, 2.05) is 0 Å². The number of ether oxygens (including phenoxy) is 2. The van der Waals surface area contributed by atoms with E-state index in [1.54, 1.807) is 25.7 Å². The van der Waals surface area contributed by atoms with Gasteiger partial charge in [-0.25, -0.2) is 13.6 Å². The zero-order valence-corrected chi connectivity index (χ0v) is 15.8. The van der Waals surface area contributed by atoms with E-state index in [2.05, 4.69) is 0 Å². The molecule has 0 unspecified atom stereocenters. The molecule has 0 aromatic carbocycles. The van der Waals surface area contributed by atoms with Crippen molar-refractivity contribution in [3.63, 3.8) is 0 Å². The molecule has 2 heterocycles. The molecule has 4 atom stereocenters. The Morgan fingerprint density at radius 2 is 1.96 bits per heavy atom. The zero-order chi connectivity index (χ0) is 19.3. The van der Waals surface area contributed by atoms with Crippen molar-refractivity contribution < 1.29 is 27.8 Å². The molecule has 2 saturated heterocycles. The number of amides is 1. The number of methoxy groups -OCH3 is 1. The highest BCUT2D eigenvalue weighted by Crippen LogP contribution is 2.45. The van der Waals surface area contributed by atoms with Gasteiger partial charge in [-0.2, -0.15) is 0 Å². The summed E-state index contributed by atoms with van der Waals surface area (Å²) in [5.74, 6) is -3.03. The second-order valence-electron chi connectivity index (χ2n) is 8.62. The van der Waals surface area contributed by atoms with E-state index in [-0.39, 0.29) is 17.8 Å². The molecule has 0 aromatic heterocycles. The van der Waals surface area contributed by atoms with Crippen LogP contribution in [0.3, 0.4) is 0 Å². The van der Waals surface area contributed by atoms with Crippen molar-refractivity contribution >= 4 is 12.1 Å². The van der Waals surface area contributed by atoms with Crippen molar-refractivity contribution in [2.24, 2.45) is 11.8 Å². The molecule has 6 nitrogen and oxygen atoms in total. The molecule has 1 amide bonds. The van der Waals surface area contributed by atoms with E-state index >= 15 is 0 Å². The van der Waals surface area contributed by atoms with Crippen LogP contribution in [0.25, 0.3) is 0 Å². The average molecular weight is 374 g/mol. The van der Waals surface area contributed by atoms with E-state index in [4.69, 9.17) is 9.47 Å². The van der Waals surface area contributed by atoms with Gasteiger partial charge in [0.15, 0.2) is 0 Å². The van der Waals surface area contributed by atoms with Gasteiger partial charge in [0.1, 0.15) is 5.60 Å². The average Bonchev–Trinajstić information content (AvgIpc) is 3.08. The molecule has 0 bridgehead atoms. The monoisotopic (exact) mass is 374 g/mol. The van der Waals surface area contributed by atoms with Crippen LogP contribution in [-0.4, -0.2) is 72.2 Å². The van der Waals surface area contributed by atoms with Gasteiger partial charge in [-0.3, -0.25) is 14.6 Å². The summed E-state index contributed by atoms with van der Waals surface area (Å²) in [6.45, 7) is 5.62. The molecule has 0 spiro atoms. The third-order valence-corrected chi connectivity index (χ3v) is 5.53. The lowest BCUT2D eigenvalue weighted by Crippen LogP contribution is -2.45. The Balaban J connectivity index is 1.59. The molecule has 3 rings (SSSR count). The third kappa shape index (κ3) is 3.80. The third-order valence-electron chi connectivity index (χ3n) is 5.53. The number of rotatable bonds is 4. The molecular formula is C18H28F2N2O4. The van der Waals surface area contributed by atoms with Crippen molar-refractivity contribution in [1.82, 2.24) is 9.80 Å². The fourth-order valence-electron chi connectivity index (χ4n) is 4.26. The van der Waals surface area contributed by atoms with Crippen molar-refractivity contribution in [1.29, 1.82) is 0 Å². The summed E-state index contributed by atoms with van der Waals surface area (Å²) < 4.78 is 39.3. The molecule has 0 aromatic rings. The highest BCUT2D eigenvalue weighted by atomic mass is 19.3. The normalized spacial score (nSPS) is 33.1. The number of hydrogen-bond acceptors (Lipinski definition) is 5. The SMILES string of the molecule is COC(=O)[C@@H]1C[C@H]1CCN1CC[C@H]2[C@@H]1C(F)(F)CN2C(=O)OC(C)(C)C. The van der Waals surface area contributed by atoms with Gasteiger partial charge in [-0.05, 0) is 52.5 Å². The summed E-state index contributed by atoms with van der Waals surface area (Å²) in [6.07, 6.45) is 1.32. The Kier molecular flexibility index (Phi) is 4.92. The van der Waals surface area contributed by atoms with Crippen LogP contribution in [0.4, 0.5) is 13.6 Å². The van der Waals surface area contributed by atoms with Gasteiger partial charge >= 0.3 is 12.1 Å². The van der Waals surface area contributed by atoms with Crippen molar-refractivity contribution in [2.45, 2.75) is 63.6 Å². The molecule has 1 aliphatic carbocycles. The van der Waals surface area contributed by atoms with Gasteiger partial charge in [-0.15, -0.1) is 0 Å². The smallest absolute Gasteiger partial charge is 0.410 e. The summed E-state index contributed by atoms with van der Waals surface area (Å²) in [5.41, 5.74) is -0.711. The van der Waals surface area contributed by atoms with Crippen molar-refractivity contribution in [3.8, 4) is 0 Å². The Morgan fingerprint density at radius 1 is 1.27 bits per heavy atom. The largest absolute Gasteiger partial charge is 0.469 e. The molecule has 26 heavy (non-hydrogen) atoms. The van der Waals surface area contributed by atoms with Crippen LogP contribution in [0, 0.1) is 11.8 Å². The van der Waals surface area contributed by atoms with Gasteiger partial charge in [0.2, 0.25) is 0 Å². The lowest BCUT2D eigenvalue weighted by molar-refractivity contribution is -0.142. The van der Waals surface area contributed by atoms with E-state index in [0.717, 1.165) is 6.42 Å². The molecule has 3 aliphatic rings. The first-order valence-corrected chi connectivity index (χ1v) is 9.23. The number of esters is 1. The number of nitrogens with zero attached hydrogens (tertiary/aromatic N) is 2. The maximum Gasteiger partial charge on any atom is 0.410 e. The highest BCUT2D eigenvalue weighted by molar-refractivity contribution is 5.75. The maximum absolute atomic E-state index is 14.6. The zero-order valence-electron chi connectivity index (χ0n) is 15.8. The number of fused-ring (bicyclic) bond motifs is 1. The minimum atomic E-state index is -2.95. The first kappa shape index (κ1) is 19.3. The van der Waals surface area contributed by atoms with Crippen LogP contribution < -0.4 is 0 Å². The molecule has 2 aliphatic heterocycles. The topological polar surface area (TPSA) is 59.1 Å². The molecule has 8 heteroatoms. The standard InChI is InChI=1S/C18H28F2N2O4/c1-17(2,3)26-16(24)22-10-18(19,20)14-13(22)6-8-21(14)7-5-11-9-12(11)15(23)25-4/h11-14H,5-10H2,1-4H3/t11-,12-,13+,14-/m1/s1. The van der Waals surface area contributed by atoms with E-state index < -0.39 is 36.2 Å². The Labute approximate surface area is 152 Å². The Morgan fingerprint density at radius 3 is 2.58 bits per heavy atom. The second kappa shape index (κ2) is 6.62. The van der Waals surface area contributed by atoms with Crippen molar-refractivity contribution in [3.05, 3.63) is 0 Å². The van der Waals surface area contributed by atoms with E-state index in [0.29, 0.717) is 25.9 Å². The van der Waals surface area contributed by atoms with Crippen LogP contribution >= 0.6 is 0 Å². The Bertz CT molecular complexity index is 578. The number of carbonyl (C=O) groups is 2. The first-order valence-electron chi connectivity index (χ1n) is 9.23. The molecule has 0 N–H and O–H groups in total. The minimum absolute atomic E-state index is 0.0826. The van der Waals surface area contributed by atoms with Crippen LogP contribution in [0.1, 0.15) is 40.0 Å². The van der Waals surface area contributed by atoms with Crippen LogP contribution in [0.2, 0.25) is 0 Å². The molecule has 148 valence electrons. The summed E-state index contributed by atoms with van der Waals surface area (Å²) in [7, 11) is 1.37. The second-order valence-corrected chi connectivity index (χ2v) is 8.62. The summed E-state index contributed by atoms with van der Waals surface area (Å²) in [5, 5.41) is 0. The fourth-order valence-corrected chi connectivity index (χ4v) is 4.26. The van der Waals surface area contributed by atoms with Crippen LogP contribution in [0.15, 0.2) is 0 Å². The number of carbonyl (C=O) groups excluding carboxylic acids is 2. The first-order chi connectivity index (χ1) is 12.0. The summed E-state index contributed by atoms with van der Waals surface area (Å²) in [6, 6.07) is -1.49. The lowest BCUT2D eigenvalue weighted by atomic mass is 10.1. The van der Waals surface area contributed by atoms with Crippen LogP contribution in [-0.2, 0) is 14.3 Å². The number of halogens is 2. The quantitative estimate of drug-likeness (QED) is 0.708. The summed E-state index contributed by atoms with van der Waals surface area (Å²) >= 11 is 0. The number of alkyl halides is 2. The predicted octanol–water partition coefficient (Wildman–Crippen LogP) is 2.51. The van der Waals surface area contributed by atoms with Gasteiger partial charge in [-0.1, -0.05) is 0 Å². The lowest BCUT2D eigenvalue weighted by Gasteiger charge is -2.28. The van der Waals surface area contributed by atoms with Crippen molar-refractivity contribution in [2.75, 3.05) is 26.7 Å². The Hall–Kier alpha value is -1.44. The predicted molar refractivity (Wildman–Crippen MR) is 89.9 cm³/mol. The highest BCUT2D eigenvalue weighted by Gasteiger charge is 2.61. The maximum atomic E-state index is 14.6. The fraction of sp³-hybridized carbons (Fsp3) is 0.889. The molecule has 0 radical (unpaired) electrons. The molecule has 3 fully saturated rings. The van der Waals surface area contributed by atoms with Gasteiger partial charge < -0.3 is 9.47 Å².